The first kappa shape index (κ1) is 19.2. The number of benzene rings is 2. The van der Waals surface area contributed by atoms with Crippen LogP contribution in [0.25, 0.3) is 0 Å². The van der Waals surface area contributed by atoms with Crippen LogP contribution >= 0.6 is 0 Å². The molecule has 2 aromatic rings. The molecule has 0 heterocycles. The maximum atomic E-state index is 12.1. The van der Waals surface area contributed by atoms with Gasteiger partial charge in [0.15, 0.2) is 6.61 Å². The number of nitrogens with zero attached hydrogens (tertiary/aromatic N) is 1. The minimum atomic E-state index is -0.537. The number of anilines is 1. The molecule has 0 fully saturated rings. The predicted octanol–water partition coefficient (Wildman–Crippen LogP) is 2.80. The van der Waals surface area contributed by atoms with Crippen LogP contribution in [-0.2, 0) is 9.53 Å². The monoisotopic (exact) mass is 354 g/mol. The van der Waals surface area contributed by atoms with E-state index in [9.17, 15) is 14.4 Å². The molecule has 0 aromatic heterocycles. The summed E-state index contributed by atoms with van der Waals surface area (Å²) in [4.78, 5) is 37.3. The maximum absolute atomic E-state index is 12.1. The van der Waals surface area contributed by atoms with E-state index in [1.165, 1.54) is 4.90 Å². The van der Waals surface area contributed by atoms with E-state index in [1.54, 1.807) is 44.4 Å². The van der Waals surface area contributed by atoms with Gasteiger partial charge in [-0.3, -0.25) is 9.59 Å². The summed E-state index contributed by atoms with van der Waals surface area (Å²) in [6.45, 7) is 3.37. The summed E-state index contributed by atoms with van der Waals surface area (Å²) in [7, 11) is 3.34. The zero-order chi connectivity index (χ0) is 19.3. The summed E-state index contributed by atoms with van der Waals surface area (Å²) in [5, 5.41) is 2.63. The lowest BCUT2D eigenvalue weighted by Gasteiger charge is -2.11. The Morgan fingerprint density at radius 3 is 2.23 bits per heavy atom. The Labute approximate surface area is 152 Å². The van der Waals surface area contributed by atoms with Gasteiger partial charge in [0.1, 0.15) is 0 Å². The molecule has 6 nitrogen and oxygen atoms in total. The first-order chi connectivity index (χ1) is 12.3. The van der Waals surface area contributed by atoms with Crippen molar-refractivity contribution in [3.63, 3.8) is 0 Å². The van der Waals surface area contributed by atoms with Crippen molar-refractivity contribution in [2.45, 2.75) is 13.8 Å². The minimum Gasteiger partial charge on any atom is -0.452 e. The van der Waals surface area contributed by atoms with E-state index in [-0.39, 0.29) is 12.5 Å². The van der Waals surface area contributed by atoms with Gasteiger partial charge in [-0.05, 0) is 49.7 Å². The van der Waals surface area contributed by atoms with Gasteiger partial charge in [0.05, 0.1) is 5.56 Å². The third-order valence-electron chi connectivity index (χ3n) is 3.76. The Morgan fingerprint density at radius 2 is 1.65 bits per heavy atom. The van der Waals surface area contributed by atoms with E-state index < -0.39 is 11.9 Å². The zero-order valence-corrected chi connectivity index (χ0v) is 15.3. The van der Waals surface area contributed by atoms with Crippen LogP contribution in [0, 0.1) is 13.8 Å². The van der Waals surface area contributed by atoms with Gasteiger partial charge in [0, 0.05) is 25.3 Å². The SMILES string of the molecule is Cc1ccc(C(=O)OCC(=O)Nc2ccc(C(=O)N(C)C)cc2)c(C)c1. The first-order valence-electron chi connectivity index (χ1n) is 8.14. The lowest BCUT2D eigenvalue weighted by atomic mass is 10.1. The second kappa shape index (κ2) is 8.29. The molecule has 0 aliphatic rings. The van der Waals surface area contributed by atoms with E-state index in [1.807, 2.05) is 26.0 Å². The second-order valence-corrected chi connectivity index (χ2v) is 6.22. The van der Waals surface area contributed by atoms with Crippen LogP contribution in [0.3, 0.4) is 0 Å². The van der Waals surface area contributed by atoms with Crippen LogP contribution in [0.4, 0.5) is 5.69 Å². The molecule has 6 heteroatoms. The van der Waals surface area contributed by atoms with E-state index in [2.05, 4.69) is 5.32 Å². The predicted molar refractivity (Wildman–Crippen MR) is 99.3 cm³/mol. The highest BCUT2D eigenvalue weighted by atomic mass is 16.5. The highest BCUT2D eigenvalue weighted by Crippen LogP contribution is 2.13. The molecule has 26 heavy (non-hydrogen) atoms. The molecule has 1 N–H and O–H groups in total. The largest absolute Gasteiger partial charge is 0.452 e. The summed E-state index contributed by atoms with van der Waals surface area (Å²) in [6.07, 6.45) is 0. The van der Waals surface area contributed by atoms with Crippen LogP contribution in [0.5, 0.6) is 0 Å². The summed E-state index contributed by atoms with van der Waals surface area (Å²) < 4.78 is 5.06. The lowest BCUT2D eigenvalue weighted by Crippen LogP contribution is -2.22. The highest BCUT2D eigenvalue weighted by Gasteiger charge is 2.13. The normalized spacial score (nSPS) is 10.2. The van der Waals surface area contributed by atoms with Gasteiger partial charge < -0.3 is 15.0 Å². The number of hydrogen-bond acceptors (Lipinski definition) is 4. The number of nitrogens with one attached hydrogen (secondary N) is 1. The Balaban J connectivity index is 1.90. The number of rotatable bonds is 5. The molecule has 0 saturated heterocycles. The van der Waals surface area contributed by atoms with Gasteiger partial charge in [0.2, 0.25) is 0 Å². The molecule has 0 saturated carbocycles. The van der Waals surface area contributed by atoms with Crippen molar-refractivity contribution in [2.75, 3.05) is 26.0 Å². The van der Waals surface area contributed by atoms with E-state index in [0.717, 1.165) is 11.1 Å². The topological polar surface area (TPSA) is 75.7 Å². The Kier molecular flexibility index (Phi) is 6.11. The van der Waals surface area contributed by atoms with Gasteiger partial charge in [-0.1, -0.05) is 17.7 Å². The van der Waals surface area contributed by atoms with Crippen molar-refractivity contribution in [1.29, 1.82) is 0 Å². The smallest absolute Gasteiger partial charge is 0.338 e. The van der Waals surface area contributed by atoms with Gasteiger partial charge in [-0.15, -0.1) is 0 Å². The summed E-state index contributed by atoms with van der Waals surface area (Å²) in [6, 6.07) is 11.9. The molecule has 0 radical (unpaired) electrons. The number of hydrogen-bond donors (Lipinski definition) is 1. The number of amides is 2. The van der Waals surface area contributed by atoms with Crippen molar-refractivity contribution < 1.29 is 19.1 Å². The van der Waals surface area contributed by atoms with Crippen LogP contribution in [-0.4, -0.2) is 43.4 Å². The molecule has 136 valence electrons. The van der Waals surface area contributed by atoms with Crippen molar-refractivity contribution >= 4 is 23.5 Å². The van der Waals surface area contributed by atoms with E-state index >= 15 is 0 Å². The standard InChI is InChI=1S/C20H22N2O4/c1-13-5-10-17(14(2)11-13)20(25)26-12-18(23)21-16-8-6-15(7-9-16)19(24)22(3)4/h5-11H,12H2,1-4H3,(H,21,23). The van der Waals surface area contributed by atoms with Gasteiger partial charge in [0.25, 0.3) is 11.8 Å². The lowest BCUT2D eigenvalue weighted by molar-refractivity contribution is -0.119. The molecule has 0 spiro atoms. The Morgan fingerprint density at radius 1 is 1.00 bits per heavy atom. The number of ether oxygens (including phenoxy) is 1. The van der Waals surface area contributed by atoms with E-state index in [4.69, 9.17) is 4.74 Å². The third kappa shape index (κ3) is 4.92. The third-order valence-corrected chi connectivity index (χ3v) is 3.76. The Bertz CT molecular complexity index is 826. The van der Waals surface area contributed by atoms with Crippen molar-refractivity contribution in [1.82, 2.24) is 4.90 Å². The summed E-state index contributed by atoms with van der Waals surface area (Å²) >= 11 is 0. The second-order valence-electron chi connectivity index (χ2n) is 6.22. The molecule has 0 bridgehead atoms. The average Bonchev–Trinajstić information content (AvgIpc) is 2.59. The number of carbonyl (C=O) groups is 3. The first-order valence-corrected chi connectivity index (χ1v) is 8.14. The number of carbonyl (C=O) groups excluding carboxylic acids is 3. The minimum absolute atomic E-state index is 0.120. The fourth-order valence-corrected chi connectivity index (χ4v) is 2.40. The van der Waals surface area contributed by atoms with Crippen LogP contribution < -0.4 is 5.32 Å². The van der Waals surface area contributed by atoms with Gasteiger partial charge >= 0.3 is 5.97 Å². The Hall–Kier alpha value is -3.15. The quantitative estimate of drug-likeness (QED) is 0.838. The van der Waals surface area contributed by atoms with Gasteiger partial charge in [-0.2, -0.15) is 0 Å². The molecule has 0 aliphatic heterocycles. The molecule has 0 unspecified atom stereocenters. The molecule has 2 rings (SSSR count). The molecule has 0 aliphatic carbocycles. The average molecular weight is 354 g/mol. The fourth-order valence-electron chi connectivity index (χ4n) is 2.40. The van der Waals surface area contributed by atoms with Crippen LogP contribution in [0.1, 0.15) is 31.8 Å². The molecular weight excluding hydrogens is 332 g/mol. The summed E-state index contributed by atoms with van der Waals surface area (Å²) in [5.74, 6) is -1.11. The molecule has 2 amide bonds. The van der Waals surface area contributed by atoms with Crippen molar-refractivity contribution in [3.8, 4) is 0 Å². The molecular formula is C20H22N2O4. The number of esters is 1. The van der Waals surface area contributed by atoms with Crippen molar-refractivity contribution in [2.24, 2.45) is 0 Å². The molecule has 2 aromatic carbocycles. The van der Waals surface area contributed by atoms with Crippen molar-refractivity contribution in [3.05, 3.63) is 64.7 Å². The van der Waals surface area contributed by atoms with E-state index in [0.29, 0.717) is 16.8 Å². The zero-order valence-electron chi connectivity index (χ0n) is 15.3. The highest BCUT2D eigenvalue weighted by molar-refractivity contribution is 5.97. The van der Waals surface area contributed by atoms with Gasteiger partial charge in [-0.25, -0.2) is 4.79 Å². The maximum Gasteiger partial charge on any atom is 0.338 e. The molecule has 0 atom stereocenters. The fraction of sp³-hybridized carbons (Fsp3) is 0.250. The van der Waals surface area contributed by atoms with Crippen LogP contribution in [0.15, 0.2) is 42.5 Å². The van der Waals surface area contributed by atoms with Crippen LogP contribution in [0.2, 0.25) is 0 Å². The summed E-state index contributed by atoms with van der Waals surface area (Å²) in [5.41, 5.74) is 3.33. The number of aryl methyl sites for hydroxylation is 2.